The van der Waals surface area contributed by atoms with Crippen LogP contribution in [0.15, 0.2) is 17.5 Å². The third-order valence-electron chi connectivity index (χ3n) is 1.53. The van der Waals surface area contributed by atoms with Crippen molar-refractivity contribution in [3.05, 3.63) is 22.4 Å². The molecular formula is C8H6O2S2. The van der Waals surface area contributed by atoms with E-state index in [9.17, 15) is 4.79 Å². The van der Waals surface area contributed by atoms with E-state index in [1.165, 1.54) is 22.5 Å². The zero-order chi connectivity index (χ0) is 8.55. The van der Waals surface area contributed by atoms with Crippen molar-refractivity contribution in [1.82, 2.24) is 0 Å². The van der Waals surface area contributed by atoms with Crippen LogP contribution in [0.3, 0.4) is 0 Å². The molecule has 0 saturated heterocycles. The number of thiophene rings is 2. The van der Waals surface area contributed by atoms with Crippen LogP contribution in [0.4, 0.5) is 0 Å². The minimum absolute atomic E-state index is 0.247. The Morgan fingerprint density at radius 2 is 2.42 bits per heavy atom. The van der Waals surface area contributed by atoms with Crippen molar-refractivity contribution in [2.75, 3.05) is 7.11 Å². The van der Waals surface area contributed by atoms with Crippen LogP contribution in [0.5, 0.6) is 0 Å². The number of esters is 1. The van der Waals surface area contributed by atoms with E-state index < -0.39 is 0 Å². The van der Waals surface area contributed by atoms with Crippen LogP contribution < -0.4 is 0 Å². The molecule has 62 valence electrons. The number of fused-ring (bicyclic) bond motifs is 1. The highest BCUT2D eigenvalue weighted by Crippen LogP contribution is 2.30. The first kappa shape index (κ1) is 7.76. The van der Waals surface area contributed by atoms with Gasteiger partial charge < -0.3 is 4.74 Å². The SMILES string of the molecule is COC(=O)c1cc2ccsc2s1. The van der Waals surface area contributed by atoms with Crippen molar-refractivity contribution in [3.63, 3.8) is 0 Å². The molecule has 0 atom stereocenters. The summed E-state index contributed by atoms with van der Waals surface area (Å²) in [6, 6.07) is 3.87. The van der Waals surface area contributed by atoms with E-state index in [0.29, 0.717) is 4.88 Å². The standard InChI is InChI=1S/C8H6O2S2/c1-10-7(9)6-4-5-2-3-11-8(5)12-6/h2-4H,1H3. The predicted octanol–water partition coefficient (Wildman–Crippen LogP) is 2.75. The summed E-state index contributed by atoms with van der Waals surface area (Å²) in [6.07, 6.45) is 0. The second kappa shape index (κ2) is 2.88. The molecule has 2 rings (SSSR count). The zero-order valence-corrected chi connectivity index (χ0v) is 8.00. The van der Waals surface area contributed by atoms with E-state index in [-0.39, 0.29) is 5.97 Å². The number of rotatable bonds is 1. The van der Waals surface area contributed by atoms with E-state index in [0.717, 1.165) is 5.39 Å². The summed E-state index contributed by atoms with van der Waals surface area (Å²) in [5.74, 6) is -0.247. The van der Waals surface area contributed by atoms with Gasteiger partial charge in [-0.25, -0.2) is 4.79 Å². The molecule has 0 aliphatic rings. The Labute approximate surface area is 77.4 Å². The van der Waals surface area contributed by atoms with E-state index in [1.54, 1.807) is 11.3 Å². The van der Waals surface area contributed by atoms with Crippen LogP contribution in [0.2, 0.25) is 0 Å². The van der Waals surface area contributed by atoms with Gasteiger partial charge in [0.25, 0.3) is 0 Å². The minimum atomic E-state index is -0.247. The molecule has 0 amide bonds. The molecule has 2 aromatic heterocycles. The van der Waals surface area contributed by atoms with E-state index in [4.69, 9.17) is 0 Å². The second-order valence-electron chi connectivity index (χ2n) is 2.27. The number of carbonyl (C=O) groups is 1. The summed E-state index contributed by atoms with van der Waals surface area (Å²) < 4.78 is 5.79. The molecule has 4 heteroatoms. The van der Waals surface area contributed by atoms with Gasteiger partial charge in [0.1, 0.15) is 4.88 Å². The fraction of sp³-hybridized carbons (Fsp3) is 0.125. The topological polar surface area (TPSA) is 26.3 Å². The molecule has 0 unspecified atom stereocenters. The third-order valence-corrected chi connectivity index (χ3v) is 3.72. The molecule has 0 aliphatic carbocycles. The predicted molar refractivity (Wildman–Crippen MR) is 51.0 cm³/mol. The van der Waals surface area contributed by atoms with E-state index >= 15 is 0 Å². The Morgan fingerprint density at radius 1 is 1.58 bits per heavy atom. The Morgan fingerprint density at radius 3 is 3.08 bits per heavy atom. The van der Waals surface area contributed by atoms with Crippen molar-refractivity contribution < 1.29 is 9.53 Å². The number of ether oxygens (including phenoxy) is 1. The van der Waals surface area contributed by atoms with Crippen molar-refractivity contribution in [3.8, 4) is 0 Å². The first-order valence-corrected chi connectivity index (χ1v) is 5.06. The normalized spacial score (nSPS) is 10.4. The molecule has 0 N–H and O–H groups in total. The van der Waals surface area contributed by atoms with Crippen LogP contribution in [-0.4, -0.2) is 13.1 Å². The summed E-state index contributed by atoms with van der Waals surface area (Å²) in [5.41, 5.74) is 0. The molecule has 0 radical (unpaired) electrons. The summed E-state index contributed by atoms with van der Waals surface area (Å²) in [4.78, 5) is 11.8. The Balaban J connectivity index is 2.51. The molecular weight excluding hydrogens is 192 g/mol. The van der Waals surface area contributed by atoms with Gasteiger partial charge in [-0.1, -0.05) is 0 Å². The van der Waals surface area contributed by atoms with Gasteiger partial charge in [0.05, 0.1) is 11.1 Å². The molecule has 2 heterocycles. The molecule has 2 nitrogen and oxygen atoms in total. The highest BCUT2D eigenvalue weighted by Gasteiger charge is 2.09. The number of hydrogen-bond donors (Lipinski definition) is 0. The van der Waals surface area contributed by atoms with Gasteiger partial charge in [0.2, 0.25) is 0 Å². The highest BCUT2D eigenvalue weighted by atomic mass is 32.2. The van der Waals surface area contributed by atoms with E-state index in [1.807, 2.05) is 17.5 Å². The highest BCUT2D eigenvalue weighted by molar-refractivity contribution is 7.38. The van der Waals surface area contributed by atoms with Gasteiger partial charge in [-0.05, 0) is 17.5 Å². The van der Waals surface area contributed by atoms with Crippen LogP contribution in [0.1, 0.15) is 9.67 Å². The number of carbonyl (C=O) groups excluding carboxylic acids is 1. The van der Waals surface area contributed by atoms with Crippen LogP contribution in [0.25, 0.3) is 9.40 Å². The molecule has 0 bridgehead atoms. The molecule has 0 aliphatic heterocycles. The molecule has 0 saturated carbocycles. The van der Waals surface area contributed by atoms with Crippen LogP contribution in [-0.2, 0) is 4.74 Å². The maximum absolute atomic E-state index is 11.1. The zero-order valence-electron chi connectivity index (χ0n) is 6.37. The Bertz CT molecular complexity index is 385. The van der Waals surface area contributed by atoms with Gasteiger partial charge >= 0.3 is 5.97 Å². The van der Waals surface area contributed by atoms with Gasteiger partial charge in [-0.3, -0.25) is 0 Å². The van der Waals surface area contributed by atoms with Crippen LogP contribution >= 0.6 is 22.7 Å². The smallest absolute Gasteiger partial charge is 0.348 e. The van der Waals surface area contributed by atoms with Gasteiger partial charge in [0, 0.05) is 5.39 Å². The first-order valence-electron chi connectivity index (χ1n) is 3.36. The van der Waals surface area contributed by atoms with Gasteiger partial charge in [-0.2, -0.15) is 0 Å². The number of hydrogen-bond acceptors (Lipinski definition) is 4. The fourth-order valence-corrected chi connectivity index (χ4v) is 2.99. The quantitative estimate of drug-likeness (QED) is 0.658. The molecule has 0 spiro atoms. The first-order chi connectivity index (χ1) is 5.81. The molecule has 2 aromatic rings. The lowest BCUT2D eigenvalue weighted by Gasteiger charge is -1.90. The molecule has 12 heavy (non-hydrogen) atoms. The lowest BCUT2D eigenvalue weighted by molar-refractivity contribution is 0.0606. The van der Waals surface area contributed by atoms with Crippen molar-refractivity contribution in [2.24, 2.45) is 0 Å². The maximum Gasteiger partial charge on any atom is 0.348 e. The van der Waals surface area contributed by atoms with Gasteiger partial charge in [0.15, 0.2) is 0 Å². The summed E-state index contributed by atoms with van der Waals surface area (Å²) in [7, 11) is 1.40. The lowest BCUT2D eigenvalue weighted by atomic mass is 10.4. The fourth-order valence-electron chi connectivity index (χ4n) is 0.967. The third kappa shape index (κ3) is 1.13. The largest absolute Gasteiger partial charge is 0.465 e. The van der Waals surface area contributed by atoms with Gasteiger partial charge in [-0.15, -0.1) is 22.7 Å². The lowest BCUT2D eigenvalue weighted by Crippen LogP contribution is -1.96. The number of methoxy groups -OCH3 is 1. The van der Waals surface area contributed by atoms with Crippen molar-refractivity contribution in [2.45, 2.75) is 0 Å². The van der Waals surface area contributed by atoms with Crippen LogP contribution in [0, 0.1) is 0 Å². The Kier molecular flexibility index (Phi) is 1.86. The average molecular weight is 198 g/mol. The summed E-state index contributed by atoms with van der Waals surface area (Å²) in [6.45, 7) is 0. The summed E-state index contributed by atoms with van der Waals surface area (Å²) in [5, 5.41) is 3.15. The monoisotopic (exact) mass is 198 g/mol. The second-order valence-corrected chi connectivity index (χ2v) is 4.49. The molecule has 0 aromatic carbocycles. The average Bonchev–Trinajstić information content (AvgIpc) is 2.60. The minimum Gasteiger partial charge on any atom is -0.465 e. The summed E-state index contributed by atoms with van der Waals surface area (Å²) >= 11 is 3.13. The van der Waals surface area contributed by atoms with E-state index in [2.05, 4.69) is 4.74 Å². The Hall–Kier alpha value is -0.870. The molecule has 0 fully saturated rings. The maximum atomic E-state index is 11.1. The van der Waals surface area contributed by atoms with Crippen molar-refractivity contribution >= 4 is 38.0 Å². The van der Waals surface area contributed by atoms with Crippen molar-refractivity contribution in [1.29, 1.82) is 0 Å².